The summed E-state index contributed by atoms with van der Waals surface area (Å²) in [5, 5.41) is 3.28. The summed E-state index contributed by atoms with van der Waals surface area (Å²) in [7, 11) is 1.77. The number of nitrogens with one attached hydrogen (secondary N) is 1. The van der Waals surface area contributed by atoms with Crippen LogP contribution < -0.4 is 10.2 Å². The van der Waals surface area contributed by atoms with Gasteiger partial charge in [0.1, 0.15) is 17.5 Å². The molecule has 0 radical (unpaired) electrons. The molecule has 0 aliphatic carbocycles. The highest BCUT2D eigenvalue weighted by Crippen LogP contribution is 2.24. The van der Waals surface area contributed by atoms with Crippen molar-refractivity contribution < 1.29 is 4.74 Å². The van der Waals surface area contributed by atoms with Crippen LogP contribution in [0.3, 0.4) is 0 Å². The monoisotopic (exact) mass is 264 g/mol. The largest absolute Gasteiger partial charge is 0.384 e. The first-order valence-corrected chi connectivity index (χ1v) is 7.12. The Morgan fingerprint density at radius 1 is 1.42 bits per heavy atom. The number of hydrogen-bond acceptors (Lipinski definition) is 5. The predicted octanol–water partition coefficient (Wildman–Crippen LogP) is 1.94. The van der Waals surface area contributed by atoms with Crippen LogP contribution in [0.5, 0.6) is 0 Å². The van der Waals surface area contributed by atoms with Gasteiger partial charge < -0.3 is 15.0 Å². The molecule has 2 heterocycles. The number of ether oxygens (including phenoxy) is 1. The smallest absolute Gasteiger partial charge is 0.134 e. The third-order valence-electron chi connectivity index (χ3n) is 3.45. The third kappa shape index (κ3) is 3.56. The summed E-state index contributed by atoms with van der Waals surface area (Å²) in [6, 6.07) is 2.05. The van der Waals surface area contributed by atoms with Gasteiger partial charge in [0.15, 0.2) is 0 Å². The second kappa shape index (κ2) is 6.70. The summed E-state index contributed by atoms with van der Waals surface area (Å²) in [6.07, 6.45) is 2.04. The molecule has 1 fully saturated rings. The Labute approximate surface area is 115 Å². The Balaban J connectivity index is 2.12. The number of hydrogen-bond donors (Lipinski definition) is 1. The van der Waals surface area contributed by atoms with Gasteiger partial charge in [0.25, 0.3) is 0 Å². The van der Waals surface area contributed by atoms with Crippen molar-refractivity contribution in [3.63, 3.8) is 0 Å². The Morgan fingerprint density at radius 2 is 2.26 bits per heavy atom. The fourth-order valence-electron chi connectivity index (χ4n) is 2.49. The molecular formula is C14H24N4O. The maximum absolute atomic E-state index is 5.25. The average Bonchev–Trinajstić information content (AvgIpc) is 2.88. The lowest BCUT2D eigenvalue weighted by Gasteiger charge is -2.19. The molecule has 0 bridgehead atoms. The number of rotatable bonds is 6. The zero-order chi connectivity index (χ0) is 13.7. The minimum atomic E-state index is 0.618. The molecule has 1 N–H and O–H groups in total. The van der Waals surface area contributed by atoms with Gasteiger partial charge in [-0.2, -0.15) is 0 Å². The van der Waals surface area contributed by atoms with E-state index in [-0.39, 0.29) is 0 Å². The Bertz CT molecular complexity index is 410. The maximum atomic E-state index is 5.25. The first-order valence-electron chi connectivity index (χ1n) is 7.12. The molecule has 106 valence electrons. The molecule has 1 aromatic heterocycles. The van der Waals surface area contributed by atoms with Crippen molar-refractivity contribution >= 4 is 11.6 Å². The molecule has 1 atom stereocenters. The Morgan fingerprint density at radius 3 is 2.95 bits per heavy atom. The summed E-state index contributed by atoms with van der Waals surface area (Å²) in [4.78, 5) is 11.5. The third-order valence-corrected chi connectivity index (χ3v) is 3.45. The summed E-state index contributed by atoms with van der Waals surface area (Å²) in [5.41, 5.74) is 0. The van der Waals surface area contributed by atoms with E-state index in [1.54, 1.807) is 7.11 Å². The molecular weight excluding hydrogens is 240 g/mol. The number of nitrogens with zero attached hydrogens (tertiary/aromatic N) is 3. The highest BCUT2D eigenvalue weighted by Gasteiger charge is 2.24. The summed E-state index contributed by atoms with van der Waals surface area (Å²) < 4.78 is 5.25. The minimum absolute atomic E-state index is 0.618. The number of methoxy groups -OCH3 is 1. The zero-order valence-corrected chi connectivity index (χ0v) is 12.1. The van der Waals surface area contributed by atoms with Gasteiger partial charge in [0.05, 0.1) is 6.61 Å². The van der Waals surface area contributed by atoms with E-state index in [2.05, 4.69) is 40.1 Å². The highest BCUT2D eigenvalue weighted by molar-refractivity contribution is 5.50. The van der Waals surface area contributed by atoms with Crippen molar-refractivity contribution in [2.75, 3.05) is 43.6 Å². The van der Waals surface area contributed by atoms with Crippen molar-refractivity contribution in [1.29, 1.82) is 0 Å². The molecule has 1 aromatic rings. The normalized spacial score (nSPS) is 18.9. The molecule has 0 aromatic carbocycles. The molecule has 5 nitrogen and oxygen atoms in total. The first kappa shape index (κ1) is 14.1. The molecule has 5 heteroatoms. The van der Waals surface area contributed by atoms with Crippen molar-refractivity contribution in [1.82, 2.24) is 9.97 Å². The van der Waals surface area contributed by atoms with Crippen molar-refractivity contribution in [2.24, 2.45) is 5.92 Å². The average molecular weight is 264 g/mol. The van der Waals surface area contributed by atoms with Crippen LogP contribution in [0.2, 0.25) is 0 Å². The van der Waals surface area contributed by atoms with Gasteiger partial charge in [-0.05, 0) is 13.3 Å². The molecule has 1 aliphatic rings. The van der Waals surface area contributed by atoms with E-state index >= 15 is 0 Å². The van der Waals surface area contributed by atoms with Gasteiger partial charge >= 0.3 is 0 Å². The van der Waals surface area contributed by atoms with Crippen molar-refractivity contribution in [3.8, 4) is 0 Å². The van der Waals surface area contributed by atoms with E-state index in [9.17, 15) is 0 Å². The van der Waals surface area contributed by atoms with Gasteiger partial charge in [0.2, 0.25) is 0 Å². The lowest BCUT2D eigenvalue weighted by Crippen LogP contribution is -2.23. The van der Waals surface area contributed by atoms with E-state index in [1.165, 1.54) is 6.42 Å². The van der Waals surface area contributed by atoms with Crippen LogP contribution in [0.25, 0.3) is 0 Å². The van der Waals surface area contributed by atoms with Crippen LogP contribution in [0, 0.1) is 5.92 Å². The van der Waals surface area contributed by atoms with Gasteiger partial charge in [-0.15, -0.1) is 0 Å². The van der Waals surface area contributed by atoms with Crippen LogP contribution >= 0.6 is 0 Å². The van der Waals surface area contributed by atoms with E-state index < -0.39 is 0 Å². The van der Waals surface area contributed by atoms with E-state index in [0.29, 0.717) is 5.92 Å². The number of anilines is 2. The van der Waals surface area contributed by atoms with Crippen LogP contribution in [0.4, 0.5) is 11.6 Å². The van der Waals surface area contributed by atoms with Gasteiger partial charge in [-0.3, -0.25) is 0 Å². The van der Waals surface area contributed by atoms with Crippen LogP contribution in [-0.2, 0) is 11.2 Å². The highest BCUT2D eigenvalue weighted by atomic mass is 16.5. The molecule has 1 saturated heterocycles. The lowest BCUT2D eigenvalue weighted by atomic mass is 10.1. The second-order valence-corrected chi connectivity index (χ2v) is 4.97. The number of aryl methyl sites for hydroxylation is 1. The summed E-state index contributed by atoms with van der Waals surface area (Å²) in [5.74, 6) is 3.50. The van der Waals surface area contributed by atoms with Crippen molar-refractivity contribution in [3.05, 3.63) is 11.9 Å². The van der Waals surface area contributed by atoms with E-state index in [0.717, 1.165) is 50.1 Å². The van der Waals surface area contributed by atoms with Gasteiger partial charge in [-0.1, -0.05) is 6.92 Å². The van der Waals surface area contributed by atoms with Gasteiger partial charge in [0, 0.05) is 45.1 Å². The predicted molar refractivity (Wildman–Crippen MR) is 77.8 cm³/mol. The van der Waals surface area contributed by atoms with Gasteiger partial charge in [-0.25, -0.2) is 9.97 Å². The fourth-order valence-corrected chi connectivity index (χ4v) is 2.49. The minimum Gasteiger partial charge on any atom is -0.384 e. The Kier molecular flexibility index (Phi) is 4.96. The standard InChI is InChI=1S/C14H24N4O/c1-4-12-16-13(15-5-2)8-14(17-12)18-7-6-11(9-18)10-19-3/h8,11H,4-7,9-10H2,1-3H3,(H,15,16,17). The molecule has 1 unspecified atom stereocenters. The fraction of sp³-hybridized carbons (Fsp3) is 0.714. The SMILES string of the molecule is CCNc1cc(N2CCC(COC)C2)nc(CC)n1. The van der Waals surface area contributed by atoms with E-state index in [1.807, 2.05) is 0 Å². The molecule has 0 amide bonds. The molecule has 19 heavy (non-hydrogen) atoms. The molecule has 2 rings (SSSR count). The molecule has 0 saturated carbocycles. The van der Waals surface area contributed by atoms with Crippen LogP contribution in [0.1, 0.15) is 26.1 Å². The van der Waals surface area contributed by atoms with Crippen molar-refractivity contribution in [2.45, 2.75) is 26.7 Å². The maximum Gasteiger partial charge on any atom is 0.134 e. The quantitative estimate of drug-likeness (QED) is 0.851. The Hall–Kier alpha value is -1.36. The second-order valence-electron chi connectivity index (χ2n) is 4.97. The molecule has 1 aliphatic heterocycles. The van der Waals surface area contributed by atoms with Crippen LogP contribution in [-0.4, -0.2) is 43.3 Å². The molecule has 0 spiro atoms. The lowest BCUT2D eigenvalue weighted by molar-refractivity contribution is 0.161. The summed E-state index contributed by atoms with van der Waals surface area (Å²) >= 11 is 0. The summed E-state index contributed by atoms with van der Waals surface area (Å²) in [6.45, 7) is 7.97. The van der Waals surface area contributed by atoms with E-state index in [4.69, 9.17) is 4.74 Å². The van der Waals surface area contributed by atoms with Crippen LogP contribution in [0.15, 0.2) is 6.07 Å². The first-order chi connectivity index (χ1) is 9.26. The topological polar surface area (TPSA) is 50.3 Å². The zero-order valence-electron chi connectivity index (χ0n) is 12.1. The number of aromatic nitrogens is 2.